The van der Waals surface area contributed by atoms with E-state index in [4.69, 9.17) is 27.6 Å². The smallest absolute Gasteiger partial charge is 0.335 e. The van der Waals surface area contributed by atoms with Gasteiger partial charge in [0.15, 0.2) is 5.17 Å². The first kappa shape index (κ1) is 27.2. The summed E-state index contributed by atoms with van der Waals surface area (Å²) in [5.41, 5.74) is 1.49. The van der Waals surface area contributed by atoms with Crippen LogP contribution in [0.15, 0.2) is 93.2 Å². The zero-order chi connectivity index (χ0) is 28.4. The van der Waals surface area contributed by atoms with Crippen molar-refractivity contribution in [1.82, 2.24) is 4.90 Å². The molecular weight excluding hydrogens is 577 g/mol. The molecule has 0 radical (unpaired) electrons. The van der Waals surface area contributed by atoms with Crippen LogP contribution in [0.2, 0.25) is 10.0 Å². The number of amidine groups is 1. The summed E-state index contributed by atoms with van der Waals surface area (Å²) in [5, 5.41) is 21.0. The van der Waals surface area contributed by atoms with Crippen molar-refractivity contribution in [2.45, 2.75) is 6.54 Å². The van der Waals surface area contributed by atoms with Crippen LogP contribution in [0.5, 0.6) is 0 Å². The van der Waals surface area contributed by atoms with Gasteiger partial charge >= 0.3 is 5.97 Å². The van der Waals surface area contributed by atoms with Crippen molar-refractivity contribution in [3.05, 3.63) is 121 Å². The first-order valence-corrected chi connectivity index (χ1v) is 13.2. The monoisotopic (exact) mass is 593 g/mol. The number of para-hydroxylation sites is 1. The molecule has 1 N–H and O–H groups in total. The van der Waals surface area contributed by atoms with E-state index in [2.05, 4.69) is 4.99 Å². The molecule has 5 rings (SSSR count). The van der Waals surface area contributed by atoms with Gasteiger partial charge in [-0.1, -0.05) is 53.5 Å². The van der Waals surface area contributed by atoms with Crippen molar-refractivity contribution in [3.63, 3.8) is 0 Å². The lowest BCUT2D eigenvalue weighted by Gasteiger charge is -2.16. The van der Waals surface area contributed by atoms with Crippen molar-refractivity contribution >= 4 is 69.5 Å². The largest absolute Gasteiger partial charge is 0.478 e. The maximum Gasteiger partial charge on any atom is 0.335 e. The molecule has 0 unspecified atom stereocenters. The zero-order valence-corrected chi connectivity index (χ0v) is 22.6. The number of furan rings is 1. The number of nitro groups is 1. The van der Waals surface area contributed by atoms with Gasteiger partial charge in [-0.05, 0) is 59.8 Å². The quantitative estimate of drug-likeness (QED) is 0.132. The highest BCUT2D eigenvalue weighted by molar-refractivity contribution is 8.18. The molecule has 1 aliphatic rings. The number of carboxylic acids is 1. The van der Waals surface area contributed by atoms with Crippen molar-refractivity contribution in [1.29, 1.82) is 0 Å². The number of carboxylic acid groups (broad SMARTS) is 1. The average molecular weight is 594 g/mol. The number of nitro benzene ring substituents is 1. The molecule has 12 heteroatoms. The molecule has 0 atom stereocenters. The van der Waals surface area contributed by atoms with Crippen LogP contribution in [0.3, 0.4) is 0 Å². The van der Waals surface area contributed by atoms with Gasteiger partial charge in [-0.15, -0.1) is 0 Å². The summed E-state index contributed by atoms with van der Waals surface area (Å²) in [5.74, 6) is -0.768. The van der Waals surface area contributed by atoms with Crippen LogP contribution in [0.1, 0.15) is 21.7 Å². The fourth-order valence-electron chi connectivity index (χ4n) is 3.85. The van der Waals surface area contributed by atoms with Gasteiger partial charge in [-0.2, -0.15) is 0 Å². The second-order valence-corrected chi connectivity index (χ2v) is 10.3. The van der Waals surface area contributed by atoms with E-state index >= 15 is 0 Å². The number of halogens is 2. The first-order valence-electron chi connectivity index (χ1n) is 11.6. The van der Waals surface area contributed by atoms with Gasteiger partial charge in [0.1, 0.15) is 16.5 Å². The summed E-state index contributed by atoms with van der Waals surface area (Å²) in [6.45, 7) is 0.169. The third kappa shape index (κ3) is 5.79. The number of thioether (sulfide) groups is 1. The molecule has 3 aromatic carbocycles. The number of carbonyl (C=O) groups excluding carboxylic acids is 1. The Morgan fingerprint density at radius 1 is 1.05 bits per heavy atom. The molecule has 4 aromatic rings. The second kappa shape index (κ2) is 11.4. The molecule has 2 heterocycles. The number of amides is 1. The van der Waals surface area contributed by atoms with Crippen LogP contribution >= 0.6 is 35.0 Å². The average Bonchev–Trinajstić information content (AvgIpc) is 3.50. The molecule has 1 aromatic heterocycles. The molecule has 1 aliphatic heterocycles. The second-order valence-electron chi connectivity index (χ2n) is 8.48. The van der Waals surface area contributed by atoms with Crippen LogP contribution in [-0.4, -0.2) is 32.0 Å². The normalized spacial score (nSPS) is 15.2. The van der Waals surface area contributed by atoms with Crippen LogP contribution in [-0.2, 0) is 11.3 Å². The molecule has 1 fully saturated rings. The minimum Gasteiger partial charge on any atom is -0.478 e. The maximum absolute atomic E-state index is 13.5. The Hall–Kier alpha value is -4.38. The molecule has 0 saturated carbocycles. The predicted molar refractivity (Wildman–Crippen MR) is 154 cm³/mol. The van der Waals surface area contributed by atoms with Crippen molar-refractivity contribution in [2.24, 2.45) is 4.99 Å². The molecule has 0 bridgehead atoms. The zero-order valence-electron chi connectivity index (χ0n) is 20.3. The minimum atomic E-state index is -1.04. The number of carbonyl (C=O) groups is 2. The Labute approximate surface area is 241 Å². The lowest BCUT2D eigenvalue weighted by molar-refractivity contribution is -0.384. The summed E-state index contributed by atoms with van der Waals surface area (Å²) in [4.78, 5) is 41.9. The van der Waals surface area contributed by atoms with Crippen LogP contribution < -0.4 is 0 Å². The van der Waals surface area contributed by atoms with E-state index in [9.17, 15) is 24.8 Å². The number of rotatable bonds is 7. The highest BCUT2D eigenvalue weighted by Gasteiger charge is 2.34. The lowest BCUT2D eigenvalue weighted by Crippen LogP contribution is -2.28. The van der Waals surface area contributed by atoms with Crippen molar-refractivity contribution < 1.29 is 24.0 Å². The SMILES string of the molecule is O=C(O)c1ccc(CN2C(=O)/C(=C/c3ccc(-c4cc([N+](=O)[O-])c(Cl)cc4Cl)o3)SC2=Nc2ccccc2)cc1. The maximum atomic E-state index is 13.5. The molecule has 40 heavy (non-hydrogen) atoms. The van der Waals surface area contributed by atoms with E-state index < -0.39 is 10.9 Å². The summed E-state index contributed by atoms with van der Waals surface area (Å²) >= 11 is 13.4. The Morgan fingerprint density at radius 2 is 1.77 bits per heavy atom. The fourth-order valence-corrected chi connectivity index (χ4v) is 5.37. The van der Waals surface area contributed by atoms with E-state index in [-0.39, 0.29) is 45.1 Å². The highest BCUT2D eigenvalue weighted by atomic mass is 35.5. The van der Waals surface area contributed by atoms with Gasteiger partial charge in [0.2, 0.25) is 0 Å². The number of hydrogen-bond donors (Lipinski definition) is 1. The minimum absolute atomic E-state index is 0.0940. The highest BCUT2D eigenvalue weighted by Crippen LogP contribution is 2.39. The van der Waals surface area contributed by atoms with E-state index in [0.717, 1.165) is 17.3 Å². The molecule has 1 amide bonds. The van der Waals surface area contributed by atoms with E-state index in [1.54, 1.807) is 30.3 Å². The number of nitrogens with zero attached hydrogens (tertiary/aromatic N) is 3. The Kier molecular flexibility index (Phi) is 7.74. The third-order valence-corrected chi connectivity index (χ3v) is 7.43. The Bertz CT molecular complexity index is 1700. The summed E-state index contributed by atoms with van der Waals surface area (Å²) in [6, 6.07) is 21.1. The molecule has 0 aliphatic carbocycles. The summed E-state index contributed by atoms with van der Waals surface area (Å²) in [7, 11) is 0. The van der Waals surface area contributed by atoms with Gasteiger partial charge in [-0.25, -0.2) is 9.79 Å². The van der Waals surface area contributed by atoms with E-state index in [1.165, 1.54) is 29.2 Å². The van der Waals surface area contributed by atoms with Crippen LogP contribution in [0, 0.1) is 10.1 Å². The summed E-state index contributed by atoms with van der Waals surface area (Å²) in [6.07, 6.45) is 1.56. The van der Waals surface area contributed by atoms with E-state index in [0.29, 0.717) is 21.5 Å². The Morgan fingerprint density at radius 3 is 2.45 bits per heavy atom. The van der Waals surface area contributed by atoms with Crippen molar-refractivity contribution in [3.8, 4) is 11.3 Å². The molecule has 200 valence electrons. The number of benzene rings is 3. The van der Waals surface area contributed by atoms with E-state index in [1.807, 2.05) is 30.3 Å². The van der Waals surface area contributed by atoms with Gasteiger partial charge in [0, 0.05) is 17.7 Å². The molecule has 0 spiro atoms. The Balaban J connectivity index is 1.47. The number of aromatic carboxylic acids is 1. The summed E-state index contributed by atoms with van der Waals surface area (Å²) < 4.78 is 5.87. The number of hydrogen-bond acceptors (Lipinski definition) is 7. The first-order chi connectivity index (χ1) is 19.2. The topological polar surface area (TPSA) is 126 Å². The fraction of sp³-hybridized carbons (Fsp3) is 0.0357. The van der Waals surface area contributed by atoms with Crippen LogP contribution in [0.4, 0.5) is 11.4 Å². The predicted octanol–water partition coefficient (Wildman–Crippen LogP) is 7.66. The van der Waals surface area contributed by atoms with Gasteiger partial charge < -0.3 is 9.52 Å². The van der Waals surface area contributed by atoms with Gasteiger partial charge in [-0.3, -0.25) is 19.8 Å². The standard InChI is InChI=1S/C28H17Cl2N3O6S/c29-21-14-22(30)23(33(37)38)13-20(21)24-11-10-19(39-24)12-25-26(34)32(15-16-6-8-17(9-7-16)27(35)36)28(40-25)31-18-4-2-1-3-5-18/h1-14H,15H2,(H,35,36)/b25-12-,31-28?. The molecule has 1 saturated heterocycles. The van der Waals surface area contributed by atoms with Crippen molar-refractivity contribution in [2.75, 3.05) is 0 Å². The number of aliphatic imine (C=N–C) groups is 1. The molecular formula is C28H17Cl2N3O6S. The third-order valence-electron chi connectivity index (χ3n) is 5.81. The van der Waals surface area contributed by atoms with Crippen LogP contribution in [0.25, 0.3) is 17.4 Å². The lowest BCUT2D eigenvalue weighted by atomic mass is 10.1. The van der Waals surface area contributed by atoms with Gasteiger partial charge in [0.25, 0.3) is 11.6 Å². The van der Waals surface area contributed by atoms with Gasteiger partial charge in [0.05, 0.1) is 32.6 Å². The molecule has 9 nitrogen and oxygen atoms in total.